The van der Waals surface area contributed by atoms with Crippen LogP contribution in [0.2, 0.25) is 5.02 Å². The molecule has 0 bridgehead atoms. The quantitative estimate of drug-likeness (QED) is 0.842. The van der Waals surface area contributed by atoms with Crippen molar-refractivity contribution in [3.05, 3.63) is 71.0 Å². The number of aromatic nitrogens is 1. The van der Waals surface area contributed by atoms with Gasteiger partial charge in [-0.05, 0) is 48.7 Å². The Morgan fingerprint density at radius 2 is 1.88 bits per heavy atom. The number of halogens is 1. The largest absolute Gasteiger partial charge is 0.349 e. The molecule has 1 aliphatic heterocycles. The summed E-state index contributed by atoms with van der Waals surface area (Å²) in [5.74, 6) is -0.123. The fourth-order valence-electron chi connectivity index (χ4n) is 2.90. The van der Waals surface area contributed by atoms with E-state index in [1.807, 2.05) is 18.2 Å². The third kappa shape index (κ3) is 4.92. The zero-order valence-electron chi connectivity index (χ0n) is 14.3. The average molecular weight is 370 g/mol. The molecule has 1 fully saturated rings. The van der Waals surface area contributed by atoms with Gasteiger partial charge < -0.3 is 10.2 Å². The van der Waals surface area contributed by atoms with Crippen LogP contribution in [0.5, 0.6) is 0 Å². The minimum Gasteiger partial charge on any atom is -0.349 e. The summed E-state index contributed by atoms with van der Waals surface area (Å²) < 4.78 is 0. The van der Waals surface area contributed by atoms with Crippen molar-refractivity contribution in [3.63, 3.8) is 0 Å². The van der Waals surface area contributed by atoms with Crippen molar-refractivity contribution in [2.24, 2.45) is 0 Å². The molecular formula is C20H20ClN3O2. The Labute approximate surface area is 157 Å². The molecule has 26 heavy (non-hydrogen) atoms. The molecule has 0 unspecified atom stereocenters. The summed E-state index contributed by atoms with van der Waals surface area (Å²) >= 11 is 5.94. The van der Waals surface area contributed by atoms with Crippen LogP contribution in [0, 0.1) is 0 Å². The standard InChI is InChI=1S/C20H20ClN3O2/c21-17-3-1-2-15(14-17)4-5-19(25)24-12-8-18(9-13-24)23-20(26)16-6-10-22-11-7-16/h1-7,10-11,14,18H,8-9,12-13H2,(H,23,26). The molecule has 6 heteroatoms. The van der Waals surface area contributed by atoms with Crippen LogP contribution in [0.3, 0.4) is 0 Å². The van der Waals surface area contributed by atoms with Crippen molar-refractivity contribution in [2.75, 3.05) is 13.1 Å². The number of benzene rings is 1. The van der Waals surface area contributed by atoms with Crippen molar-refractivity contribution in [3.8, 4) is 0 Å². The molecule has 2 aromatic rings. The predicted molar refractivity (Wildman–Crippen MR) is 102 cm³/mol. The van der Waals surface area contributed by atoms with Gasteiger partial charge in [-0.3, -0.25) is 14.6 Å². The molecule has 0 aliphatic carbocycles. The van der Waals surface area contributed by atoms with Gasteiger partial charge in [0.05, 0.1) is 0 Å². The number of piperidine rings is 1. The lowest BCUT2D eigenvalue weighted by Crippen LogP contribution is -2.46. The first-order valence-electron chi connectivity index (χ1n) is 8.55. The van der Waals surface area contributed by atoms with Crippen LogP contribution >= 0.6 is 11.6 Å². The lowest BCUT2D eigenvalue weighted by atomic mass is 10.0. The van der Waals surface area contributed by atoms with Gasteiger partial charge in [-0.15, -0.1) is 0 Å². The van der Waals surface area contributed by atoms with E-state index in [0.717, 1.165) is 18.4 Å². The SMILES string of the molecule is O=C(NC1CCN(C(=O)C=Cc2cccc(Cl)c2)CC1)c1ccncc1. The summed E-state index contributed by atoms with van der Waals surface area (Å²) in [4.78, 5) is 30.2. The average Bonchev–Trinajstić information content (AvgIpc) is 2.67. The molecule has 134 valence electrons. The lowest BCUT2D eigenvalue weighted by Gasteiger charge is -2.31. The van der Waals surface area contributed by atoms with Crippen molar-refractivity contribution in [1.82, 2.24) is 15.2 Å². The molecule has 1 aliphatic rings. The summed E-state index contributed by atoms with van der Waals surface area (Å²) in [7, 11) is 0. The number of carbonyl (C=O) groups excluding carboxylic acids is 2. The van der Waals surface area contributed by atoms with Gasteiger partial charge in [0.15, 0.2) is 0 Å². The molecule has 1 aromatic carbocycles. The number of pyridine rings is 1. The van der Waals surface area contributed by atoms with Crippen LogP contribution in [0.25, 0.3) is 6.08 Å². The predicted octanol–water partition coefficient (Wildman–Crippen LogP) is 3.17. The lowest BCUT2D eigenvalue weighted by molar-refractivity contribution is -0.126. The highest BCUT2D eigenvalue weighted by molar-refractivity contribution is 6.30. The number of amides is 2. The van der Waals surface area contributed by atoms with Gasteiger partial charge >= 0.3 is 0 Å². The second-order valence-corrected chi connectivity index (χ2v) is 6.63. The second-order valence-electron chi connectivity index (χ2n) is 6.20. The van der Waals surface area contributed by atoms with Crippen LogP contribution in [-0.2, 0) is 4.79 Å². The minimum atomic E-state index is -0.0990. The number of likely N-dealkylation sites (tertiary alicyclic amines) is 1. The van der Waals surface area contributed by atoms with Gasteiger partial charge in [-0.1, -0.05) is 23.7 Å². The normalized spacial score (nSPS) is 15.2. The molecule has 1 saturated heterocycles. The molecule has 3 rings (SSSR count). The van der Waals surface area contributed by atoms with Gasteiger partial charge in [-0.25, -0.2) is 0 Å². The molecule has 2 heterocycles. The highest BCUT2D eigenvalue weighted by atomic mass is 35.5. The van der Waals surface area contributed by atoms with Gasteiger partial charge in [0, 0.05) is 48.2 Å². The van der Waals surface area contributed by atoms with E-state index in [4.69, 9.17) is 11.6 Å². The highest BCUT2D eigenvalue weighted by Crippen LogP contribution is 2.14. The zero-order chi connectivity index (χ0) is 18.4. The maximum atomic E-state index is 12.3. The minimum absolute atomic E-state index is 0.0242. The van der Waals surface area contributed by atoms with E-state index in [1.165, 1.54) is 0 Å². The monoisotopic (exact) mass is 369 g/mol. The third-order valence-corrected chi connectivity index (χ3v) is 4.59. The Hall–Kier alpha value is -2.66. The highest BCUT2D eigenvalue weighted by Gasteiger charge is 2.23. The van der Waals surface area contributed by atoms with Crippen LogP contribution in [0.15, 0.2) is 54.9 Å². The topological polar surface area (TPSA) is 62.3 Å². The van der Waals surface area contributed by atoms with Gasteiger partial charge in [0.25, 0.3) is 5.91 Å². The van der Waals surface area contributed by atoms with Crippen LogP contribution in [0.1, 0.15) is 28.8 Å². The third-order valence-electron chi connectivity index (χ3n) is 4.35. The van der Waals surface area contributed by atoms with E-state index >= 15 is 0 Å². The van der Waals surface area contributed by atoms with E-state index < -0.39 is 0 Å². The fraction of sp³-hybridized carbons (Fsp3) is 0.250. The molecule has 2 amide bonds. The number of rotatable bonds is 4. The molecule has 5 nitrogen and oxygen atoms in total. The molecule has 0 saturated carbocycles. The zero-order valence-corrected chi connectivity index (χ0v) is 15.0. The summed E-state index contributed by atoms with van der Waals surface area (Å²) in [6.07, 6.45) is 8.03. The van der Waals surface area contributed by atoms with Gasteiger partial charge in [0.2, 0.25) is 5.91 Å². The van der Waals surface area contributed by atoms with Crippen LogP contribution in [-0.4, -0.2) is 40.8 Å². The van der Waals surface area contributed by atoms with Crippen LogP contribution < -0.4 is 5.32 Å². The Kier molecular flexibility index (Phi) is 6.02. The van der Waals surface area contributed by atoms with Crippen molar-refractivity contribution in [2.45, 2.75) is 18.9 Å². The van der Waals surface area contributed by atoms with Crippen molar-refractivity contribution >= 4 is 29.5 Å². The van der Waals surface area contributed by atoms with E-state index in [9.17, 15) is 9.59 Å². The van der Waals surface area contributed by atoms with Crippen molar-refractivity contribution < 1.29 is 9.59 Å². The number of carbonyl (C=O) groups is 2. The van der Waals surface area contributed by atoms with Gasteiger partial charge in [-0.2, -0.15) is 0 Å². The first-order chi connectivity index (χ1) is 12.6. The summed E-state index contributed by atoms with van der Waals surface area (Å²) in [5.41, 5.74) is 1.49. The smallest absolute Gasteiger partial charge is 0.251 e. The molecule has 0 radical (unpaired) electrons. The van der Waals surface area contributed by atoms with Crippen LogP contribution in [0.4, 0.5) is 0 Å². The molecule has 0 spiro atoms. The summed E-state index contributed by atoms with van der Waals surface area (Å²) in [5, 5.41) is 3.67. The fourth-order valence-corrected chi connectivity index (χ4v) is 3.10. The molecule has 0 atom stereocenters. The van der Waals surface area contributed by atoms with E-state index in [-0.39, 0.29) is 17.9 Å². The summed E-state index contributed by atoms with van der Waals surface area (Å²) in [6.45, 7) is 1.25. The van der Waals surface area contributed by atoms with Gasteiger partial charge in [0.1, 0.15) is 0 Å². The first-order valence-corrected chi connectivity index (χ1v) is 8.93. The molecular weight excluding hydrogens is 350 g/mol. The Morgan fingerprint density at radius 1 is 1.15 bits per heavy atom. The van der Waals surface area contributed by atoms with E-state index in [0.29, 0.717) is 23.7 Å². The number of nitrogens with zero attached hydrogens (tertiary/aromatic N) is 2. The number of nitrogens with one attached hydrogen (secondary N) is 1. The molecule has 1 aromatic heterocycles. The summed E-state index contributed by atoms with van der Waals surface area (Å²) in [6, 6.07) is 10.8. The second kappa shape index (κ2) is 8.63. The first kappa shape index (κ1) is 18.1. The van der Waals surface area contributed by atoms with E-state index in [2.05, 4.69) is 10.3 Å². The Bertz CT molecular complexity index is 800. The molecule has 1 N–H and O–H groups in total. The Balaban J connectivity index is 1.48. The number of hydrogen-bond acceptors (Lipinski definition) is 3. The van der Waals surface area contributed by atoms with Crippen molar-refractivity contribution in [1.29, 1.82) is 0 Å². The maximum absolute atomic E-state index is 12.3. The maximum Gasteiger partial charge on any atom is 0.251 e. The Morgan fingerprint density at radius 3 is 2.58 bits per heavy atom. The van der Waals surface area contributed by atoms with E-state index in [1.54, 1.807) is 47.6 Å². The number of hydrogen-bond donors (Lipinski definition) is 1.